The predicted molar refractivity (Wildman–Crippen MR) is 101 cm³/mol. The minimum Gasteiger partial charge on any atom is -0.301 e. The summed E-state index contributed by atoms with van der Waals surface area (Å²) in [6, 6.07) is 3.37. The fourth-order valence-electron chi connectivity index (χ4n) is 2.26. The van der Waals surface area contributed by atoms with Gasteiger partial charge in [-0.1, -0.05) is 29.9 Å². The van der Waals surface area contributed by atoms with E-state index in [1.54, 1.807) is 26.0 Å². The van der Waals surface area contributed by atoms with Gasteiger partial charge in [0.25, 0.3) is 0 Å². The number of carbonyl (C=O) groups excluding carboxylic acids is 1. The summed E-state index contributed by atoms with van der Waals surface area (Å²) in [4.78, 5) is 18.4. The molecule has 0 aliphatic carbocycles. The fraction of sp³-hybridized carbons (Fsp3) is 0.438. The zero-order valence-electron chi connectivity index (χ0n) is 14.5. The molecule has 0 aromatic carbocycles. The quantitative estimate of drug-likeness (QED) is 0.516. The van der Waals surface area contributed by atoms with Crippen LogP contribution in [0.2, 0.25) is 5.15 Å². The van der Waals surface area contributed by atoms with Gasteiger partial charge in [0.05, 0.1) is 11.3 Å². The van der Waals surface area contributed by atoms with E-state index in [1.165, 1.54) is 28.6 Å². The van der Waals surface area contributed by atoms with Crippen LogP contribution in [0.4, 0.5) is 18.2 Å². The highest BCUT2D eigenvalue weighted by Crippen LogP contribution is 2.38. The molecule has 0 aliphatic rings. The third kappa shape index (κ3) is 5.98. The molecule has 0 bridgehead atoms. The number of halogens is 4. The lowest BCUT2D eigenvalue weighted by atomic mass is 10.2. The highest BCUT2D eigenvalue weighted by molar-refractivity contribution is 7.99. The van der Waals surface area contributed by atoms with Gasteiger partial charge in [0.15, 0.2) is 5.15 Å². The first kappa shape index (κ1) is 21.8. The number of hydrogen-bond acceptors (Lipinski definition) is 5. The van der Waals surface area contributed by atoms with Crippen molar-refractivity contribution >= 4 is 45.6 Å². The maximum absolute atomic E-state index is 12.7. The van der Waals surface area contributed by atoms with Crippen LogP contribution in [0.25, 0.3) is 10.6 Å². The summed E-state index contributed by atoms with van der Waals surface area (Å²) in [7, 11) is 0. The van der Waals surface area contributed by atoms with Crippen molar-refractivity contribution < 1.29 is 27.9 Å². The third-order valence-electron chi connectivity index (χ3n) is 3.48. The largest absolute Gasteiger partial charge is 0.397 e. The maximum Gasteiger partial charge on any atom is 0.397 e. The van der Waals surface area contributed by atoms with Crippen molar-refractivity contribution in [3.05, 3.63) is 29.7 Å². The fourth-order valence-corrected chi connectivity index (χ4v) is 4.48. The summed E-state index contributed by atoms with van der Waals surface area (Å²) < 4.78 is 37.7. The molecule has 0 fully saturated rings. The summed E-state index contributed by atoms with van der Waals surface area (Å²) in [5.74, 6) is -1.84. The zero-order chi connectivity index (χ0) is 20.2. The van der Waals surface area contributed by atoms with E-state index < -0.39 is 17.8 Å². The van der Waals surface area contributed by atoms with Crippen LogP contribution < -0.4 is 9.63 Å². The van der Waals surface area contributed by atoms with E-state index in [1.807, 2.05) is 0 Å². The summed E-state index contributed by atoms with van der Waals surface area (Å²) in [6.45, 7) is 3.66. The number of alkyl halides is 3. The Hall–Kier alpha value is -1.52. The smallest absolute Gasteiger partial charge is 0.301 e. The molecule has 11 heteroatoms. The van der Waals surface area contributed by atoms with Crippen LogP contribution in [0, 0.1) is 5.92 Å². The Morgan fingerprint density at radius 1 is 1.52 bits per heavy atom. The molecule has 2 aromatic heterocycles. The maximum atomic E-state index is 12.7. The lowest BCUT2D eigenvalue weighted by Gasteiger charge is -2.23. The molecular formula is C16H18ClF3N3O2S2+. The molecule has 0 saturated heterocycles. The first-order valence-electron chi connectivity index (χ1n) is 7.95. The number of rotatable bonds is 7. The summed E-state index contributed by atoms with van der Waals surface area (Å²) in [5, 5.41) is 10.6. The van der Waals surface area contributed by atoms with Gasteiger partial charge in [-0.3, -0.25) is 10.0 Å². The highest BCUT2D eigenvalue weighted by atomic mass is 35.5. The van der Waals surface area contributed by atoms with Crippen molar-refractivity contribution in [2.24, 2.45) is 5.92 Å². The van der Waals surface area contributed by atoms with E-state index in [4.69, 9.17) is 11.6 Å². The Morgan fingerprint density at radius 2 is 2.22 bits per heavy atom. The molecule has 27 heavy (non-hydrogen) atoms. The van der Waals surface area contributed by atoms with Gasteiger partial charge >= 0.3 is 6.18 Å². The average Bonchev–Trinajstić information content (AvgIpc) is 2.96. The van der Waals surface area contributed by atoms with Gasteiger partial charge in [0.2, 0.25) is 18.3 Å². The number of thioether (sulfide) groups is 1. The number of pyridine rings is 1. The topological polar surface area (TPSA) is 57.3 Å². The molecule has 1 atom stereocenters. The van der Waals surface area contributed by atoms with Crippen molar-refractivity contribution in [3.63, 3.8) is 0 Å². The van der Waals surface area contributed by atoms with Crippen LogP contribution in [0.1, 0.15) is 13.8 Å². The molecule has 2 heterocycles. The first-order chi connectivity index (χ1) is 12.6. The van der Waals surface area contributed by atoms with Gasteiger partial charge in [0, 0.05) is 29.0 Å². The Morgan fingerprint density at radius 3 is 2.81 bits per heavy atom. The van der Waals surface area contributed by atoms with Gasteiger partial charge in [-0.15, -0.1) is 0 Å². The molecule has 148 valence electrons. The van der Waals surface area contributed by atoms with E-state index in [0.717, 1.165) is 4.73 Å². The average molecular weight is 441 g/mol. The van der Waals surface area contributed by atoms with E-state index in [0.29, 0.717) is 33.9 Å². The number of hydrogen-bond donors (Lipinski definition) is 1. The van der Waals surface area contributed by atoms with Crippen LogP contribution in [0.3, 0.4) is 0 Å². The molecule has 1 amide bonds. The van der Waals surface area contributed by atoms with E-state index in [2.05, 4.69) is 4.98 Å². The minimum absolute atomic E-state index is 0.0569. The molecule has 5 nitrogen and oxygen atoms in total. The number of aromatic nitrogens is 2. The second-order valence-corrected chi connectivity index (χ2v) is 8.07. The van der Waals surface area contributed by atoms with Gasteiger partial charge in [-0.05, 0) is 13.0 Å². The number of anilines is 1. The number of amides is 1. The van der Waals surface area contributed by atoms with Crippen molar-refractivity contribution in [1.82, 2.24) is 4.98 Å². The summed E-state index contributed by atoms with van der Waals surface area (Å²) >= 11 is 8.06. The van der Waals surface area contributed by atoms with E-state index in [-0.39, 0.29) is 16.8 Å². The molecule has 0 saturated carbocycles. The van der Waals surface area contributed by atoms with Crippen LogP contribution >= 0.6 is 34.7 Å². The second-order valence-electron chi connectivity index (χ2n) is 5.70. The van der Waals surface area contributed by atoms with Crippen molar-refractivity contribution in [3.8, 4) is 10.6 Å². The van der Waals surface area contributed by atoms with E-state index >= 15 is 0 Å². The number of carbonyl (C=O) groups is 1. The first-order valence-corrected chi connectivity index (χ1v) is 10.3. The molecule has 0 radical (unpaired) electrons. The standard InChI is InChI=1S/C16H18ClF3N3O2S2/c1-3-23(14(24)10(2)8-26-9-16(18,19)20)15-12(17)21-13(27-15)11-5-4-6-22(25)7-11/h4-7,10,25H,3,8-9H2,1-2H3/q+1. The predicted octanol–water partition coefficient (Wildman–Crippen LogP) is 4.27. The summed E-state index contributed by atoms with van der Waals surface area (Å²) in [5.41, 5.74) is 0.621. The summed E-state index contributed by atoms with van der Waals surface area (Å²) in [6.07, 6.45) is -1.36. The zero-order valence-corrected chi connectivity index (χ0v) is 16.9. The van der Waals surface area contributed by atoms with Crippen molar-refractivity contribution in [2.75, 3.05) is 23.0 Å². The Labute approximate surface area is 167 Å². The molecule has 2 aromatic rings. The normalized spacial score (nSPS) is 12.8. The highest BCUT2D eigenvalue weighted by Gasteiger charge is 2.29. The van der Waals surface area contributed by atoms with Crippen molar-refractivity contribution in [2.45, 2.75) is 20.0 Å². The van der Waals surface area contributed by atoms with Gasteiger partial charge in [-0.2, -0.15) is 24.9 Å². The molecule has 2 rings (SSSR count). The number of thiazole rings is 1. The Balaban J connectivity index is 2.15. The van der Waals surface area contributed by atoms with Crippen LogP contribution in [0.15, 0.2) is 24.5 Å². The van der Waals surface area contributed by atoms with Crippen molar-refractivity contribution in [1.29, 1.82) is 0 Å². The monoisotopic (exact) mass is 440 g/mol. The second kappa shape index (κ2) is 9.11. The molecule has 0 spiro atoms. The van der Waals surface area contributed by atoms with E-state index in [9.17, 15) is 23.2 Å². The molecule has 1 unspecified atom stereocenters. The van der Waals surface area contributed by atoms with Crippen LogP contribution in [0.5, 0.6) is 0 Å². The SMILES string of the molecule is CCN(C(=O)C(C)CSCC(F)(F)F)c1sc(-c2ccc[n+](O)c2)nc1Cl. The van der Waals surface area contributed by atoms with Gasteiger partial charge in [0.1, 0.15) is 10.0 Å². The molecule has 1 N–H and O–H groups in total. The van der Waals surface area contributed by atoms with Gasteiger partial charge in [-0.25, -0.2) is 4.98 Å². The number of nitrogens with zero attached hydrogens (tertiary/aromatic N) is 3. The van der Waals surface area contributed by atoms with Crippen LogP contribution in [-0.4, -0.2) is 40.3 Å². The molecular weight excluding hydrogens is 423 g/mol. The minimum atomic E-state index is -4.26. The lowest BCUT2D eigenvalue weighted by Crippen LogP contribution is -2.35. The van der Waals surface area contributed by atoms with Crippen LogP contribution in [-0.2, 0) is 4.79 Å². The Bertz CT molecular complexity index is 801. The molecule has 0 aliphatic heterocycles. The third-order valence-corrected chi connectivity index (χ3v) is 6.26. The van der Waals surface area contributed by atoms with Gasteiger partial charge < -0.3 is 4.90 Å². The Kier molecular flexibility index (Phi) is 7.35. The lowest BCUT2D eigenvalue weighted by molar-refractivity contribution is -0.904.